The van der Waals surface area contributed by atoms with Gasteiger partial charge in [-0.2, -0.15) is 4.39 Å². The van der Waals surface area contributed by atoms with Crippen molar-refractivity contribution in [1.82, 2.24) is 5.32 Å². The molecule has 0 bridgehead atoms. The topological polar surface area (TPSA) is 102 Å². The number of nitro groups is 1. The quantitative estimate of drug-likeness (QED) is 0.584. The monoisotopic (exact) mass is 302 g/mol. The lowest BCUT2D eigenvalue weighted by atomic mass is 10.2. The molecule has 7 nitrogen and oxygen atoms in total. The van der Waals surface area contributed by atoms with Gasteiger partial charge in [-0.15, -0.1) is 0 Å². The molecule has 1 aliphatic rings. The summed E-state index contributed by atoms with van der Waals surface area (Å²) in [4.78, 5) is 20.4. The molecule has 0 heterocycles. The Morgan fingerprint density at radius 2 is 2.14 bits per heavy atom. The second-order valence-electron chi connectivity index (χ2n) is 4.63. The van der Waals surface area contributed by atoms with E-state index in [0.29, 0.717) is 12.1 Å². The maximum Gasteiger partial charge on any atom is 0.324 e. The Labute approximate surface area is 117 Å². The van der Waals surface area contributed by atoms with E-state index < -0.39 is 46.6 Å². The summed E-state index contributed by atoms with van der Waals surface area (Å²) in [5.41, 5.74) is -1.01. The van der Waals surface area contributed by atoms with E-state index in [2.05, 4.69) is 5.32 Å². The fourth-order valence-corrected chi connectivity index (χ4v) is 1.67. The van der Waals surface area contributed by atoms with Crippen LogP contribution in [-0.2, 0) is 4.79 Å². The van der Waals surface area contributed by atoms with E-state index in [1.165, 1.54) is 0 Å². The molecule has 0 aliphatic heterocycles. The van der Waals surface area contributed by atoms with Crippen molar-refractivity contribution in [1.29, 1.82) is 0 Å². The van der Waals surface area contributed by atoms with E-state index in [1.54, 1.807) is 0 Å². The maximum atomic E-state index is 13.6. The highest BCUT2D eigenvalue weighted by Crippen LogP contribution is 2.26. The molecule has 0 aromatic heterocycles. The lowest BCUT2D eigenvalue weighted by Crippen LogP contribution is -2.42. The number of carboxylic acid groups (broad SMARTS) is 1. The molecule has 9 heteroatoms. The second-order valence-corrected chi connectivity index (χ2v) is 4.63. The molecule has 0 spiro atoms. The molecule has 0 radical (unpaired) electrons. The first-order valence-corrected chi connectivity index (χ1v) is 6.13. The number of halogens is 2. The van der Waals surface area contributed by atoms with Gasteiger partial charge in [0.25, 0.3) is 0 Å². The average Bonchev–Trinajstić information content (AvgIpc) is 3.20. The summed E-state index contributed by atoms with van der Waals surface area (Å²) in [7, 11) is 0. The molecule has 1 aromatic carbocycles. The number of nitro benzene ring substituents is 1. The van der Waals surface area contributed by atoms with Crippen LogP contribution in [0.3, 0.4) is 0 Å². The van der Waals surface area contributed by atoms with E-state index in [0.717, 1.165) is 12.8 Å². The minimum absolute atomic E-state index is 0.0909. The molecular formula is C12H12F2N2O5. The lowest BCUT2D eigenvalue weighted by molar-refractivity contribution is -0.387. The number of benzene rings is 1. The first-order chi connectivity index (χ1) is 9.88. The summed E-state index contributed by atoms with van der Waals surface area (Å²) in [5, 5.41) is 22.2. The summed E-state index contributed by atoms with van der Waals surface area (Å²) in [5.74, 6) is -4.12. The van der Waals surface area contributed by atoms with E-state index >= 15 is 0 Å². The Hall–Kier alpha value is -2.29. The number of hydrogen-bond acceptors (Lipinski definition) is 5. The van der Waals surface area contributed by atoms with E-state index in [9.17, 15) is 23.7 Å². The fraction of sp³-hybridized carbons (Fsp3) is 0.417. The summed E-state index contributed by atoms with van der Waals surface area (Å²) in [6.07, 6.45) is 1.70. The van der Waals surface area contributed by atoms with Crippen molar-refractivity contribution in [3.8, 4) is 5.75 Å². The van der Waals surface area contributed by atoms with Crippen molar-refractivity contribution in [3.05, 3.63) is 33.9 Å². The number of aliphatic carboxylic acids is 1. The van der Waals surface area contributed by atoms with Gasteiger partial charge in [-0.1, -0.05) is 0 Å². The molecule has 1 aliphatic carbocycles. The van der Waals surface area contributed by atoms with Crippen LogP contribution in [0.1, 0.15) is 12.8 Å². The summed E-state index contributed by atoms with van der Waals surface area (Å²) >= 11 is 0. The predicted octanol–water partition coefficient (Wildman–Crippen LogP) is 1.46. The molecule has 0 saturated heterocycles. The highest BCUT2D eigenvalue weighted by molar-refractivity contribution is 5.73. The minimum Gasteiger partial charge on any atom is -0.488 e. The van der Waals surface area contributed by atoms with Crippen LogP contribution < -0.4 is 10.1 Å². The van der Waals surface area contributed by atoms with Crippen molar-refractivity contribution in [2.24, 2.45) is 0 Å². The number of ether oxygens (including phenoxy) is 1. The van der Waals surface area contributed by atoms with Crippen LogP contribution in [0.25, 0.3) is 0 Å². The van der Waals surface area contributed by atoms with Crippen molar-refractivity contribution < 1.29 is 28.3 Å². The minimum atomic E-state index is -1.25. The van der Waals surface area contributed by atoms with Gasteiger partial charge in [0, 0.05) is 12.1 Å². The van der Waals surface area contributed by atoms with Crippen LogP contribution in [0.15, 0.2) is 12.1 Å². The van der Waals surface area contributed by atoms with E-state index in [-0.39, 0.29) is 6.04 Å². The van der Waals surface area contributed by atoms with E-state index in [4.69, 9.17) is 9.84 Å². The van der Waals surface area contributed by atoms with Gasteiger partial charge in [0.05, 0.1) is 11.0 Å². The zero-order valence-electron chi connectivity index (χ0n) is 10.7. The first kappa shape index (κ1) is 15.1. The van der Waals surface area contributed by atoms with Crippen molar-refractivity contribution in [2.75, 3.05) is 6.61 Å². The van der Waals surface area contributed by atoms with Gasteiger partial charge in [-0.05, 0) is 12.8 Å². The third kappa shape index (κ3) is 3.85. The number of nitrogens with zero attached hydrogens (tertiary/aromatic N) is 1. The summed E-state index contributed by atoms with van der Waals surface area (Å²) < 4.78 is 31.8. The molecule has 1 aromatic rings. The second kappa shape index (κ2) is 6.00. The zero-order valence-corrected chi connectivity index (χ0v) is 10.7. The number of carbonyl (C=O) groups is 1. The van der Waals surface area contributed by atoms with Gasteiger partial charge in [0.1, 0.15) is 12.6 Å². The molecule has 2 N–H and O–H groups in total. The Morgan fingerprint density at radius 3 is 2.67 bits per heavy atom. The third-order valence-corrected chi connectivity index (χ3v) is 2.92. The van der Waals surface area contributed by atoms with E-state index in [1.807, 2.05) is 0 Å². The van der Waals surface area contributed by atoms with Crippen LogP contribution in [0, 0.1) is 21.7 Å². The van der Waals surface area contributed by atoms with Gasteiger partial charge in [0.2, 0.25) is 5.82 Å². The first-order valence-electron chi connectivity index (χ1n) is 6.13. The smallest absolute Gasteiger partial charge is 0.324 e. The largest absolute Gasteiger partial charge is 0.488 e. The van der Waals surface area contributed by atoms with Crippen LogP contribution in [0.4, 0.5) is 14.5 Å². The van der Waals surface area contributed by atoms with Gasteiger partial charge in [0.15, 0.2) is 11.6 Å². The molecule has 2 rings (SSSR count). The molecule has 114 valence electrons. The molecule has 1 unspecified atom stereocenters. The standard InChI is InChI=1S/C12H12F2N2O5/c13-7-4-11(8(14)3-10(7)16(19)20)21-5-9(12(17)18)15-6-1-2-6/h3-4,6,9,15H,1-2,5H2,(H,17,18). The average molecular weight is 302 g/mol. The van der Waals surface area contributed by atoms with Crippen molar-refractivity contribution in [2.45, 2.75) is 24.9 Å². The lowest BCUT2D eigenvalue weighted by Gasteiger charge is -2.15. The van der Waals surface area contributed by atoms with Crippen molar-refractivity contribution in [3.63, 3.8) is 0 Å². The molecule has 21 heavy (non-hydrogen) atoms. The Bertz CT molecular complexity index is 577. The Kier molecular flexibility index (Phi) is 4.32. The highest BCUT2D eigenvalue weighted by atomic mass is 19.1. The summed E-state index contributed by atoms with van der Waals surface area (Å²) in [6, 6.07) is -0.0403. The zero-order chi connectivity index (χ0) is 15.6. The Morgan fingerprint density at radius 1 is 1.48 bits per heavy atom. The molecule has 1 saturated carbocycles. The number of nitrogens with one attached hydrogen (secondary N) is 1. The third-order valence-electron chi connectivity index (χ3n) is 2.92. The maximum absolute atomic E-state index is 13.6. The Balaban J connectivity index is 2.06. The summed E-state index contributed by atoms with van der Waals surface area (Å²) in [6.45, 7) is -0.417. The number of rotatable bonds is 7. The van der Waals surface area contributed by atoms with Crippen LogP contribution in [0.2, 0.25) is 0 Å². The van der Waals surface area contributed by atoms with Crippen LogP contribution >= 0.6 is 0 Å². The fourth-order valence-electron chi connectivity index (χ4n) is 1.67. The van der Waals surface area contributed by atoms with Crippen LogP contribution in [-0.4, -0.2) is 34.7 Å². The molecule has 1 fully saturated rings. The van der Waals surface area contributed by atoms with Gasteiger partial charge in [-0.3, -0.25) is 20.2 Å². The van der Waals surface area contributed by atoms with Crippen molar-refractivity contribution >= 4 is 11.7 Å². The normalized spacial score (nSPS) is 15.5. The predicted molar refractivity (Wildman–Crippen MR) is 66.1 cm³/mol. The molecular weight excluding hydrogens is 290 g/mol. The van der Waals surface area contributed by atoms with Gasteiger partial charge in [-0.25, -0.2) is 4.39 Å². The molecule has 0 amide bonds. The number of hydrogen-bond donors (Lipinski definition) is 2. The van der Waals surface area contributed by atoms with Crippen LogP contribution in [0.5, 0.6) is 5.75 Å². The molecule has 1 atom stereocenters. The van der Waals surface area contributed by atoms with Gasteiger partial charge < -0.3 is 9.84 Å². The highest BCUT2D eigenvalue weighted by Gasteiger charge is 2.29. The van der Waals surface area contributed by atoms with Gasteiger partial charge >= 0.3 is 11.7 Å². The number of carboxylic acids is 1. The SMILES string of the molecule is O=C(O)C(COc1cc(F)c([N+](=O)[O-])cc1F)NC1CC1.